The Morgan fingerprint density at radius 3 is 2.63 bits per heavy atom. The van der Waals surface area contributed by atoms with Crippen molar-refractivity contribution in [2.75, 3.05) is 0 Å². The Morgan fingerprint density at radius 1 is 1.16 bits per heavy atom. The topological polar surface area (TPSA) is 25.8 Å². The first-order chi connectivity index (χ1) is 9.08. The fraction of sp³-hybridized carbons (Fsp3) is 0.231. The van der Waals surface area contributed by atoms with Crippen molar-refractivity contribution >= 4 is 50.9 Å². The number of aromatic nitrogens is 2. The Labute approximate surface area is 135 Å². The Morgan fingerprint density at radius 2 is 1.95 bits per heavy atom. The van der Waals surface area contributed by atoms with Crippen molar-refractivity contribution < 1.29 is 0 Å². The van der Waals surface area contributed by atoms with Gasteiger partial charge in [0.15, 0.2) is 0 Å². The highest BCUT2D eigenvalue weighted by Gasteiger charge is 2.06. The molecule has 0 fully saturated rings. The summed E-state index contributed by atoms with van der Waals surface area (Å²) in [7, 11) is 0. The molecule has 0 unspecified atom stereocenters. The average molecular weight is 378 g/mol. The van der Waals surface area contributed by atoms with Crippen LogP contribution in [-0.4, -0.2) is 9.97 Å². The predicted octanol–water partition coefficient (Wildman–Crippen LogP) is 5.65. The van der Waals surface area contributed by atoms with Crippen LogP contribution in [0, 0.1) is 0 Å². The molecule has 0 aliphatic carbocycles. The van der Waals surface area contributed by atoms with E-state index in [1.807, 2.05) is 18.2 Å². The van der Waals surface area contributed by atoms with E-state index in [1.54, 1.807) is 17.8 Å². The lowest BCUT2D eigenvalue weighted by atomic mass is 10.3. The zero-order valence-corrected chi connectivity index (χ0v) is 14.1. The number of benzene rings is 1. The zero-order chi connectivity index (χ0) is 13.8. The molecule has 100 valence electrons. The molecule has 0 N–H and O–H groups in total. The van der Waals surface area contributed by atoms with E-state index < -0.39 is 0 Å². The molecule has 0 saturated heterocycles. The van der Waals surface area contributed by atoms with Crippen molar-refractivity contribution in [3.8, 4) is 0 Å². The van der Waals surface area contributed by atoms with Crippen molar-refractivity contribution in [2.45, 2.75) is 29.7 Å². The summed E-state index contributed by atoms with van der Waals surface area (Å²) in [5, 5.41) is 2.00. The summed E-state index contributed by atoms with van der Waals surface area (Å²) >= 11 is 16.9. The summed E-state index contributed by atoms with van der Waals surface area (Å²) in [5.41, 5.74) is 0. The zero-order valence-electron chi connectivity index (χ0n) is 10.2. The summed E-state index contributed by atoms with van der Waals surface area (Å²) in [4.78, 5) is 9.86. The van der Waals surface area contributed by atoms with Crippen LogP contribution in [0.25, 0.3) is 0 Å². The van der Waals surface area contributed by atoms with Crippen LogP contribution < -0.4 is 0 Å². The van der Waals surface area contributed by atoms with E-state index in [2.05, 4.69) is 32.8 Å². The average Bonchev–Trinajstić information content (AvgIpc) is 2.33. The van der Waals surface area contributed by atoms with Gasteiger partial charge in [-0.3, -0.25) is 0 Å². The Balaban J connectivity index is 2.24. The number of halogens is 3. The Bertz CT molecular complexity index is 593. The molecular weight excluding hydrogens is 367 g/mol. The van der Waals surface area contributed by atoms with Gasteiger partial charge in [-0.2, -0.15) is 0 Å². The molecule has 0 spiro atoms. The molecule has 0 bridgehead atoms. The maximum Gasteiger partial charge on any atom is 0.130 e. The minimum absolute atomic E-state index is 0.550. The quantitative estimate of drug-likeness (QED) is 0.643. The van der Waals surface area contributed by atoms with E-state index >= 15 is 0 Å². The normalized spacial score (nSPS) is 10.7. The van der Waals surface area contributed by atoms with Gasteiger partial charge < -0.3 is 0 Å². The molecule has 0 amide bonds. The van der Waals surface area contributed by atoms with Crippen molar-refractivity contribution in [2.24, 2.45) is 0 Å². The number of hydrogen-bond donors (Lipinski definition) is 0. The highest BCUT2D eigenvalue weighted by Crippen LogP contribution is 2.32. The van der Waals surface area contributed by atoms with Gasteiger partial charge in [0.1, 0.15) is 15.5 Å². The third-order valence-corrected chi connectivity index (χ3v) is 4.36. The van der Waals surface area contributed by atoms with Gasteiger partial charge in [-0.1, -0.05) is 41.9 Å². The second kappa shape index (κ2) is 6.93. The first-order valence-corrected chi connectivity index (χ1v) is 8.11. The van der Waals surface area contributed by atoms with E-state index in [0.29, 0.717) is 10.0 Å². The maximum absolute atomic E-state index is 6.01. The van der Waals surface area contributed by atoms with E-state index in [4.69, 9.17) is 23.2 Å². The molecule has 2 aromatic rings. The van der Waals surface area contributed by atoms with Gasteiger partial charge in [0.05, 0.1) is 10.0 Å². The van der Waals surface area contributed by atoms with Gasteiger partial charge in [0, 0.05) is 17.4 Å². The minimum atomic E-state index is 0.550. The van der Waals surface area contributed by atoms with E-state index in [9.17, 15) is 0 Å². The third-order valence-electron chi connectivity index (χ3n) is 2.30. The lowest BCUT2D eigenvalue weighted by molar-refractivity contribution is 0.803. The van der Waals surface area contributed by atoms with Gasteiger partial charge in [-0.15, -0.1) is 0 Å². The van der Waals surface area contributed by atoms with Gasteiger partial charge in [0.2, 0.25) is 0 Å². The van der Waals surface area contributed by atoms with Crippen molar-refractivity contribution in [3.05, 3.63) is 44.7 Å². The largest absolute Gasteiger partial charge is 0.226 e. The molecule has 1 aromatic carbocycles. The fourth-order valence-electron chi connectivity index (χ4n) is 1.49. The summed E-state index contributed by atoms with van der Waals surface area (Å²) in [6.07, 6.45) is 1.89. The number of rotatable bonds is 4. The van der Waals surface area contributed by atoms with Crippen LogP contribution >= 0.6 is 50.9 Å². The van der Waals surface area contributed by atoms with E-state index in [1.165, 1.54) is 0 Å². The molecule has 2 nitrogen and oxygen atoms in total. The Hall–Kier alpha value is -0.290. The number of hydrogen-bond acceptors (Lipinski definition) is 3. The van der Waals surface area contributed by atoms with Gasteiger partial charge in [0.25, 0.3) is 0 Å². The molecule has 19 heavy (non-hydrogen) atoms. The first-order valence-electron chi connectivity index (χ1n) is 5.75. The van der Waals surface area contributed by atoms with Crippen LogP contribution in [0.3, 0.4) is 0 Å². The predicted molar refractivity (Wildman–Crippen MR) is 84.3 cm³/mol. The fourth-order valence-corrected chi connectivity index (χ4v) is 3.30. The van der Waals surface area contributed by atoms with Crippen LogP contribution in [0.1, 0.15) is 19.2 Å². The van der Waals surface area contributed by atoms with Crippen LogP contribution in [0.5, 0.6) is 0 Å². The SMILES string of the molecule is CCCc1nc(Br)cc(Sc2ccc(Cl)c(Cl)c2)n1. The summed E-state index contributed by atoms with van der Waals surface area (Å²) < 4.78 is 0.800. The van der Waals surface area contributed by atoms with Crippen LogP contribution in [0.2, 0.25) is 10.0 Å². The highest BCUT2D eigenvalue weighted by atomic mass is 79.9. The molecule has 2 rings (SSSR count). The molecule has 0 saturated carbocycles. The molecule has 6 heteroatoms. The number of nitrogens with zero attached hydrogens (tertiary/aromatic N) is 2. The van der Waals surface area contributed by atoms with Crippen molar-refractivity contribution in [1.82, 2.24) is 9.97 Å². The molecule has 1 heterocycles. The van der Waals surface area contributed by atoms with Gasteiger partial charge in [-0.25, -0.2) is 9.97 Å². The highest BCUT2D eigenvalue weighted by molar-refractivity contribution is 9.10. The first kappa shape index (κ1) is 15.1. The lowest BCUT2D eigenvalue weighted by Crippen LogP contribution is -1.96. The lowest BCUT2D eigenvalue weighted by Gasteiger charge is -2.05. The van der Waals surface area contributed by atoms with Crippen LogP contribution in [0.4, 0.5) is 0 Å². The molecule has 1 aromatic heterocycles. The molecule has 0 radical (unpaired) electrons. The van der Waals surface area contributed by atoms with E-state index in [-0.39, 0.29) is 0 Å². The van der Waals surface area contributed by atoms with Crippen LogP contribution in [0.15, 0.2) is 38.8 Å². The second-order valence-corrected chi connectivity index (χ2v) is 6.59. The minimum Gasteiger partial charge on any atom is -0.226 e. The van der Waals surface area contributed by atoms with Gasteiger partial charge >= 0.3 is 0 Å². The molecule has 0 aliphatic heterocycles. The second-order valence-electron chi connectivity index (χ2n) is 3.87. The maximum atomic E-state index is 6.01. The van der Waals surface area contributed by atoms with E-state index in [0.717, 1.165) is 33.2 Å². The molecule has 0 aliphatic rings. The van der Waals surface area contributed by atoms with Gasteiger partial charge in [-0.05, 0) is 40.5 Å². The molecule has 0 atom stereocenters. The van der Waals surface area contributed by atoms with Crippen molar-refractivity contribution in [3.63, 3.8) is 0 Å². The standard InChI is InChI=1S/C13H11BrCl2N2S/c1-2-3-12-17-11(14)7-13(18-12)19-8-4-5-9(15)10(16)6-8/h4-7H,2-3H2,1H3. The smallest absolute Gasteiger partial charge is 0.130 e. The van der Waals surface area contributed by atoms with Crippen LogP contribution in [-0.2, 0) is 6.42 Å². The third kappa shape index (κ3) is 4.35. The monoisotopic (exact) mass is 376 g/mol. The van der Waals surface area contributed by atoms with Crippen molar-refractivity contribution in [1.29, 1.82) is 0 Å². The summed E-state index contributed by atoms with van der Waals surface area (Å²) in [5.74, 6) is 0.847. The molecular formula is C13H11BrCl2N2S. The summed E-state index contributed by atoms with van der Waals surface area (Å²) in [6.45, 7) is 2.11. The number of aryl methyl sites for hydroxylation is 1. The summed E-state index contributed by atoms with van der Waals surface area (Å²) in [6, 6.07) is 7.44. The Kier molecular flexibility index (Phi) is 5.51.